The van der Waals surface area contributed by atoms with Crippen LogP contribution in [0.4, 0.5) is 11.8 Å². The summed E-state index contributed by atoms with van der Waals surface area (Å²) in [5.41, 5.74) is 0.392. The second-order valence-corrected chi connectivity index (χ2v) is 8.94. The van der Waals surface area contributed by atoms with Crippen LogP contribution in [0.1, 0.15) is 64.2 Å². The molecule has 1 saturated carbocycles. The third-order valence-corrected chi connectivity index (χ3v) is 7.05. The molecule has 1 spiro atoms. The molecule has 1 aliphatic carbocycles. The van der Waals surface area contributed by atoms with E-state index in [2.05, 4.69) is 22.2 Å². The van der Waals surface area contributed by atoms with Crippen molar-refractivity contribution in [3.8, 4) is 0 Å². The lowest BCUT2D eigenvalue weighted by Gasteiger charge is -2.42. The summed E-state index contributed by atoms with van der Waals surface area (Å²) in [5, 5.41) is 3.41. The fourth-order valence-electron chi connectivity index (χ4n) is 4.97. The molecular formula is C22H36N4O2. The molecule has 0 amide bonds. The van der Waals surface area contributed by atoms with Crippen molar-refractivity contribution in [3.63, 3.8) is 0 Å². The van der Waals surface area contributed by atoms with Gasteiger partial charge in [0.25, 0.3) is 0 Å². The van der Waals surface area contributed by atoms with Crippen LogP contribution in [0.2, 0.25) is 0 Å². The summed E-state index contributed by atoms with van der Waals surface area (Å²) in [6, 6.07) is 2.64. The molecule has 3 fully saturated rings. The summed E-state index contributed by atoms with van der Waals surface area (Å²) in [7, 11) is 2.17. The maximum absolute atomic E-state index is 6.21. The molecule has 0 bridgehead atoms. The van der Waals surface area contributed by atoms with Gasteiger partial charge in [0.05, 0.1) is 12.7 Å². The van der Waals surface area contributed by atoms with Crippen molar-refractivity contribution in [2.75, 3.05) is 43.6 Å². The number of hydrogen-bond acceptors (Lipinski definition) is 6. The van der Waals surface area contributed by atoms with Gasteiger partial charge in [-0.3, -0.25) is 0 Å². The van der Waals surface area contributed by atoms with E-state index in [1.54, 1.807) is 0 Å². The molecule has 0 aromatic carbocycles. The minimum atomic E-state index is 0.356. The number of anilines is 2. The van der Waals surface area contributed by atoms with Crippen LogP contribution < -0.4 is 10.2 Å². The van der Waals surface area contributed by atoms with Gasteiger partial charge in [0.2, 0.25) is 5.95 Å². The van der Waals surface area contributed by atoms with Gasteiger partial charge in [-0.15, -0.1) is 0 Å². The number of aromatic nitrogens is 2. The van der Waals surface area contributed by atoms with Crippen LogP contribution in [0, 0.1) is 5.41 Å². The van der Waals surface area contributed by atoms with E-state index in [4.69, 9.17) is 14.5 Å². The number of hydrogen-bond donors (Lipinski definition) is 1. The van der Waals surface area contributed by atoms with Crippen LogP contribution in [0.15, 0.2) is 12.3 Å². The zero-order chi connectivity index (χ0) is 19.2. The Labute approximate surface area is 169 Å². The van der Waals surface area contributed by atoms with Gasteiger partial charge in [-0.05, 0) is 56.4 Å². The van der Waals surface area contributed by atoms with Gasteiger partial charge in [0.1, 0.15) is 5.82 Å². The average Bonchev–Trinajstić information content (AvgIpc) is 2.76. The molecule has 6 heteroatoms. The van der Waals surface area contributed by atoms with Crippen molar-refractivity contribution in [2.24, 2.45) is 5.41 Å². The van der Waals surface area contributed by atoms with Gasteiger partial charge in [-0.25, -0.2) is 4.98 Å². The van der Waals surface area contributed by atoms with Crippen molar-refractivity contribution in [1.29, 1.82) is 0 Å². The van der Waals surface area contributed by atoms with Gasteiger partial charge >= 0.3 is 0 Å². The Kier molecular flexibility index (Phi) is 6.68. The molecule has 0 radical (unpaired) electrons. The maximum atomic E-state index is 6.21. The van der Waals surface area contributed by atoms with Crippen molar-refractivity contribution in [2.45, 2.75) is 76.4 Å². The summed E-state index contributed by atoms with van der Waals surface area (Å²) in [6.45, 7) is 3.56. The Bertz CT molecular complexity index is 604. The summed E-state index contributed by atoms with van der Waals surface area (Å²) < 4.78 is 11.7. The first kappa shape index (κ1) is 19.9. The highest BCUT2D eigenvalue weighted by atomic mass is 16.5. The lowest BCUT2D eigenvalue weighted by Crippen LogP contribution is -2.40. The Morgan fingerprint density at radius 2 is 1.96 bits per heavy atom. The van der Waals surface area contributed by atoms with E-state index < -0.39 is 0 Å². The van der Waals surface area contributed by atoms with E-state index >= 15 is 0 Å². The van der Waals surface area contributed by atoms with Gasteiger partial charge in [0, 0.05) is 39.0 Å². The van der Waals surface area contributed by atoms with Gasteiger partial charge in [-0.1, -0.05) is 19.3 Å². The predicted octanol–water partition coefficient (Wildman–Crippen LogP) is 4.02. The predicted molar refractivity (Wildman–Crippen MR) is 112 cm³/mol. The molecule has 1 aromatic rings. The van der Waals surface area contributed by atoms with E-state index in [9.17, 15) is 0 Å². The molecular weight excluding hydrogens is 352 g/mol. The van der Waals surface area contributed by atoms with Crippen LogP contribution in [0.25, 0.3) is 0 Å². The topological polar surface area (TPSA) is 59.5 Å². The lowest BCUT2D eigenvalue weighted by atomic mass is 9.75. The molecule has 1 atom stereocenters. The third-order valence-electron chi connectivity index (χ3n) is 7.05. The van der Waals surface area contributed by atoms with E-state index in [0.717, 1.165) is 63.8 Å². The minimum Gasteiger partial charge on any atom is -0.381 e. The first-order chi connectivity index (χ1) is 13.7. The Hall–Kier alpha value is -1.40. The molecule has 4 rings (SSSR count). The SMILES string of the molecule is CN(c1ccnc(NCCC2CCC3(CCOCC3)CO2)n1)C1CCCCC1. The average molecular weight is 389 g/mol. The van der Waals surface area contributed by atoms with Gasteiger partial charge in [0.15, 0.2) is 0 Å². The zero-order valence-corrected chi connectivity index (χ0v) is 17.4. The van der Waals surface area contributed by atoms with Gasteiger partial charge < -0.3 is 19.7 Å². The monoisotopic (exact) mass is 388 g/mol. The standard InChI is InChI=1S/C22H36N4O2/c1-26(18-5-3-2-4-6-18)20-9-14-24-21(25-20)23-13-8-19-7-10-22(17-28-19)11-15-27-16-12-22/h9,14,18-19H,2-8,10-13,15-17H2,1H3,(H,23,24,25). The summed E-state index contributed by atoms with van der Waals surface area (Å²) in [4.78, 5) is 11.5. The molecule has 1 N–H and O–H groups in total. The molecule has 6 nitrogen and oxygen atoms in total. The molecule has 2 saturated heterocycles. The van der Waals surface area contributed by atoms with Crippen molar-refractivity contribution < 1.29 is 9.47 Å². The van der Waals surface area contributed by atoms with Gasteiger partial charge in [-0.2, -0.15) is 4.98 Å². The normalized spacial score (nSPS) is 25.5. The van der Waals surface area contributed by atoms with E-state index in [-0.39, 0.29) is 0 Å². The highest BCUT2D eigenvalue weighted by Crippen LogP contribution is 2.40. The van der Waals surface area contributed by atoms with Crippen LogP contribution in [0.3, 0.4) is 0 Å². The number of nitrogens with zero attached hydrogens (tertiary/aromatic N) is 3. The van der Waals surface area contributed by atoms with E-state index in [0.29, 0.717) is 17.6 Å². The second-order valence-electron chi connectivity index (χ2n) is 8.94. The van der Waals surface area contributed by atoms with E-state index in [1.165, 1.54) is 38.5 Å². The molecule has 28 heavy (non-hydrogen) atoms. The summed E-state index contributed by atoms with van der Waals surface area (Å²) in [5.74, 6) is 1.76. The maximum Gasteiger partial charge on any atom is 0.224 e. The Morgan fingerprint density at radius 1 is 1.14 bits per heavy atom. The summed E-state index contributed by atoms with van der Waals surface area (Å²) >= 11 is 0. The first-order valence-electron chi connectivity index (χ1n) is 11.2. The van der Waals surface area contributed by atoms with Crippen LogP contribution in [0.5, 0.6) is 0 Å². The molecule has 156 valence electrons. The lowest BCUT2D eigenvalue weighted by molar-refractivity contribution is -0.105. The minimum absolute atomic E-state index is 0.356. The van der Waals surface area contributed by atoms with Crippen molar-refractivity contribution >= 4 is 11.8 Å². The first-order valence-corrected chi connectivity index (χ1v) is 11.2. The van der Waals surface area contributed by atoms with Crippen LogP contribution in [-0.4, -0.2) is 55.5 Å². The van der Waals surface area contributed by atoms with Crippen LogP contribution in [-0.2, 0) is 9.47 Å². The van der Waals surface area contributed by atoms with Crippen molar-refractivity contribution in [3.05, 3.63) is 12.3 Å². The number of ether oxygens (including phenoxy) is 2. The zero-order valence-electron chi connectivity index (χ0n) is 17.4. The molecule has 2 aliphatic heterocycles. The molecule has 1 aromatic heterocycles. The highest BCUT2D eigenvalue weighted by molar-refractivity contribution is 5.42. The fraction of sp³-hybridized carbons (Fsp3) is 0.818. The van der Waals surface area contributed by atoms with Crippen LogP contribution >= 0.6 is 0 Å². The largest absolute Gasteiger partial charge is 0.381 e. The molecule has 1 unspecified atom stereocenters. The number of rotatable bonds is 6. The second kappa shape index (κ2) is 9.40. The van der Waals surface area contributed by atoms with E-state index in [1.807, 2.05) is 12.3 Å². The molecule has 3 aliphatic rings. The summed E-state index contributed by atoms with van der Waals surface area (Å²) in [6.07, 6.45) is 14.6. The fourth-order valence-corrected chi connectivity index (χ4v) is 4.97. The van der Waals surface area contributed by atoms with Crippen molar-refractivity contribution in [1.82, 2.24) is 9.97 Å². The third kappa shape index (κ3) is 4.95. The highest BCUT2D eigenvalue weighted by Gasteiger charge is 2.37. The quantitative estimate of drug-likeness (QED) is 0.794. The Balaban J connectivity index is 1.22. The Morgan fingerprint density at radius 3 is 2.71 bits per heavy atom. The molecule has 3 heterocycles. The number of nitrogens with one attached hydrogen (secondary N) is 1. The smallest absolute Gasteiger partial charge is 0.224 e.